The van der Waals surface area contributed by atoms with Gasteiger partial charge in [0.15, 0.2) is 0 Å². The van der Waals surface area contributed by atoms with Gasteiger partial charge in [0.05, 0.1) is 35.9 Å². The zero-order valence-corrected chi connectivity index (χ0v) is 29.0. The van der Waals surface area contributed by atoms with Crippen molar-refractivity contribution in [2.24, 2.45) is 0 Å². The number of hydrogen-bond acceptors (Lipinski definition) is 6. The van der Waals surface area contributed by atoms with Gasteiger partial charge in [0, 0.05) is 31.4 Å². The van der Waals surface area contributed by atoms with Crippen molar-refractivity contribution in [3.05, 3.63) is 70.0 Å². The van der Waals surface area contributed by atoms with Crippen LogP contribution in [0.2, 0.25) is 0 Å². The van der Waals surface area contributed by atoms with Gasteiger partial charge in [0.2, 0.25) is 5.78 Å². The minimum absolute atomic E-state index is 0.00176. The van der Waals surface area contributed by atoms with Crippen molar-refractivity contribution in [3.8, 4) is 0 Å². The van der Waals surface area contributed by atoms with Crippen LogP contribution in [0.5, 0.6) is 0 Å². The maximum absolute atomic E-state index is 14.2. The predicted octanol–water partition coefficient (Wildman–Crippen LogP) is 7.43. The fourth-order valence-electron chi connectivity index (χ4n) is 5.69. The highest BCUT2D eigenvalue weighted by atomic mass is 32.2. The van der Waals surface area contributed by atoms with Crippen molar-refractivity contribution in [1.82, 2.24) is 14.5 Å². The van der Waals surface area contributed by atoms with Crippen molar-refractivity contribution in [2.75, 3.05) is 20.7 Å². The Kier molecular flexibility index (Phi) is 12.1. The molecule has 0 spiro atoms. The van der Waals surface area contributed by atoms with Gasteiger partial charge in [0.1, 0.15) is 10.6 Å². The maximum Gasteiger partial charge on any atom is 0.416 e. The molecule has 0 unspecified atom stereocenters. The number of piperidine rings is 1. The van der Waals surface area contributed by atoms with Crippen LogP contribution in [0.15, 0.2) is 36.4 Å². The maximum atomic E-state index is 14.2. The lowest BCUT2D eigenvalue weighted by molar-refractivity contribution is -0.151. The first-order chi connectivity index (χ1) is 22.4. The summed E-state index contributed by atoms with van der Waals surface area (Å²) in [5, 5.41) is 0. The van der Waals surface area contributed by atoms with Gasteiger partial charge < -0.3 is 19.1 Å². The van der Waals surface area contributed by atoms with Crippen LogP contribution in [0.25, 0.3) is 0 Å². The summed E-state index contributed by atoms with van der Waals surface area (Å²) >= 11 is -1.70. The largest absolute Gasteiger partial charge is 0.598 e. The van der Waals surface area contributed by atoms with Crippen molar-refractivity contribution in [1.29, 1.82) is 0 Å². The molecule has 0 saturated carbocycles. The van der Waals surface area contributed by atoms with E-state index in [9.17, 15) is 49.7 Å². The lowest BCUT2D eigenvalue weighted by Gasteiger charge is -2.49. The number of likely N-dealkylation sites (tertiary alicyclic amines) is 1. The smallest absolute Gasteiger partial charge is 0.416 e. The lowest BCUT2D eigenvalue weighted by atomic mass is 9.77. The highest BCUT2D eigenvalue weighted by Gasteiger charge is 2.48. The lowest BCUT2D eigenvalue weighted by Crippen LogP contribution is -2.60. The molecule has 3 rings (SSSR count). The summed E-state index contributed by atoms with van der Waals surface area (Å²) in [7, 11) is 2.31. The molecule has 16 heteroatoms. The number of rotatable bonds is 9. The van der Waals surface area contributed by atoms with E-state index in [1.165, 1.54) is 37.1 Å². The first-order valence-corrected chi connectivity index (χ1v) is 16.4. The molecule has 8 nitrogen and oxygen atoms in total. The molecule has 49 heavy (non-hydrogen) atoms. The van der Waals surface area contributed by atoms with E-state index in [2.05, 4.69) is 9.46 Å². The van der Waals surface area contributed by atoms with Crippen molar-refractivity contribution >= 4 is 29.1 Å². The Morgan fingerprint density at radius 3 is 2.12 bits per heavy atom. The third-order valence-corrected chi connectivity index (χ3v) is 10.4. The first-order valence-electron chi connectivity index (χ1n) is 15.3. The quantitative estimate of drug-likeness (QED) is 0.125. The molecule has 2 amide bonds. The summed E-state index contributed by atoms with van der Waals surface area (Å²) in [4.78, 5) is 41.0. The van der Waals surface area contributed by atoms with Crippen LogP contribution in [-0.4, -0.2) is 63.1 Å². The molecule has 1 aliphatic heterocycles. The van der Waals surface area contributed by atoms with Crippen LogP contribution < -0.4 is 4.72 Å². The van der Waals surface area contributed by atoms with Crippen LogP contribution in [0, 0.1) is 12.7 Å². The number of benzene rings is 2. The number of carbonyl (C=O) groups excluding carboxylic acids is 3. The molecule has 2 aromatic rings. The molecule has 1 saturated heterocycles. The average molecular weight is 724 g/mol. The summed E-state index contributed by atoms with van der Waals surface area (Å²) in [6.45, 7) is 7.99. The van der Waals surface area contributed by atoms with E-state index in [1.54, 1.807) is 27.7 Å². The van der Waals surface area contributed by atoms with E-state index < -0.39 is 86.4 Å². The molecule has 1 N–H and O–H groups in total. The second kappa shape index (κ2) is 14.9. The number of nitrogens with one attached hydrogen (secondary N) is 1. The van der Waals surface area contributed by atoms with Crippen molar-refractivity contribution in [2.45, 2.75) is 95.0 Å². The zero-order valence-electron chi connectivity index (χ0n) is 28.1. The molecule has 0 radical (unpaired) electrons. The molecule has 0 aromatic heterocycles. The number of alkyl halides is 6. The Morgan fingerprint density at radius 1 is 1.06 bits per heavy atom. The van der Waals surface area contributed by atoms with Gasteiger partial charge in [-0.3, -0.25) is 4.79 Å². The van der Waals surface area contributed by atoms with E-state index in [0.29, 0.717) is 23.3 Å². The van der Waals surface area contributed by atoms with Crippen molar-refractivity contribution in [3.63, 3.8) is 0 Å². The topological polar surface area (TPSA) is 102 Å². The standard InChI is InChI=1S/C33H40F7N3O5S/c1-19-14-24(34)8-9-25(19)26-18-31(41-49(47)30(3,4)5,11-10-27(44)28(45)48-7)12-13-43(26)29(46)42(6)20(2)21-15-22(32(35,36)37)17-23(16-21)33(38,39)40/h8-9,14-17,20,26,41H,10-13,18H2,1-7H3/t20-,26-,31-,49-/m1/s1. The van der Waals surface area contributed by atoms with Crippen molar-refractivity contribution < 1.29 is 54.4 Å². The number of hydrogen-bond donors (Lipinski definition) is 1. The second-order valence-corrected chi connectivity index (χ2v) is 15.2. The van der Waals surface area contributed by atoms with Crippen LogP contribution in [0.3, 0.4) is 0 Å². The molecule has 4 atom stereocenters. The fourth-order valence-corrected chi connectivity index (χ4v) is 6.68. The molecule has 1 heterocycles. The Labute approximate surface area is 283 Å². The third kappa shape index (κ3) is 9.66. The number of Topliss-reactive ketones (excluding diaryl/α,β-unsaturated/α-hetero) is 1. The minimum atomic E-state index is -5.09. The predicted molar refractivity (Wildman–Crippen MR) is 168 cm³/mol. The highest BCUT2D eigenvalue weighted by molar-refractivity contribution is 7.90. The van der Waals surface area contributed by atoms with Gasteiger partial charge in [-0.25, -0.2) is 14.0 Å². The highest BCUT2D eigenvalue weighted by Crippen LogP contribution is 2.43. The van der Waals surface area contributed by atoms with E-state index >= 15 is 0 Å². The Morgan fingerprint density at radius 2 is 1.63 bits per heavy atom. The van der Waals surface area contributed by atoms with Crippen LogP contribution in [-0.2, 0) is 38.0 Å². The number of urea groups is 1. The first kappa shape index (κ1) is 40.1. The van der Waals surface area contributed by atoms with Gasteiger partial charge in [-0.05, 0) is 101 Å². The summed E-state index contributed by atoms with van der Waals surface area (Å²) in [5.74, 6) is -2.46. The van der Waals surface area contributed by atoms with Crippen LogP contribution >= 0.6 is 0 Å². The number of carbonyl (C=O) groups is 3. The van der Waals surface area contributed by atoms with E-state index in [1.807, 2.05) is 0 Å². The van der Waals surface area contributed by atoms with Crippen LogP contribution in [0.4, 0.5) is 35.5 Å². The second-order valence-electron chi connectivity index (χ2n) is 13.3. The molecular weight excluding hydrogens is 683 g/mol. The van der Waals surface area contributed by atoms with E-state index in [-0.39, 0.29) is 38.3 Å². The molecule has 272 valence electrons. The number of aryl methyl sites for hydroxylation is 1. The molecule has 2 aromatic carbocycles. The summed E-state index contributed by atoms with van der Waals surface area (Å²) in [6, 6.07) is 2.12. The number of halogens is 7. The number of esters is 1. The fraction of sp³-hybridized carbons (Fsp3) is 0.545. The van der Waals surface area contributed by atoms with Gasteiger partial charge in [-0.15, -0.1) is 4.72 Å². The molecule has 1 aliphatic rings. The molecular formula is C33H40F7N3O5S. The minimum Gasteiger partial charge on any atom is -0.598 e. The average Bonchev–Trinajstić information content (AvgIpc) is 3.00. The Bertz CT molecular complexity index is 1510. The molecule has 0 bridgehead atoms. The monoisotopic (exact) mass is 723 g/mol. The SMILES string of the molecule is COC(=O)C(=O)CC[C@@]1(N[S@+]([O-])C(C)(C)C)CCN(C(=O)N(C)[C@H](C)c2cc(C(F)(F)F)cc(C(F)(F)F)c2)[C@@H](c2ccc(F)cc2C)C1. The third-order valence-electron chi connectivity index (χ3n) is 8.71. The van der Waals surface area contributed by atoms with Gasteiger partial charge in [0.25, 0.3) is 0 Å². The van der Waals surface area contributed by atoms with E-state index in [0.717, 1.165) is 12.0 Å². The Hall–Kier alpha value is -3.37. The van der Waals surface area contributed by atoms with E-state index in [4.69, 9.17) is 0 Å². The van der Waals surface area contributed by atoms with Crippen LogP contribution in [0.1, 0.15) is 93.3 Å². The normalized spacial score (nSPS) is 20.1. The number of nitrogens with zero attached hydrogens (tertiary/aromatic N) is 2. The molecule has 1 fully saturated rings. The van der Waals surface area contributed by atoms with Gasteiger partial charge >= 0.3 is 24.4 Å². The summed E-state index contributed by atoms with van der Waals surface area (Å²) < 4.78 is 116. The Balaban J connectivity index is 2.08. The number of amides is 2. The number of ether oxygens (including phenoxy) is 1. The summed E-state index contributed by atoms with van der Waals surface area (Å²) in [5.41, 5.74) is -3.65. The number of methoxy groups -OCH3 is 1. The number of ketones is 1. The summed E-state index contributed by atoms with van der Waals surface area (Å²) in [6.07, 6.45) is -10.4. The molecule has 0 aliphatic carbocycles. The zero-order chi connectivity index (χ0) is 37.3. The van der Waals surface area contributed by atoms with Gasteiger partial charge in [-0.2, -0.15) is 26.3 Å². The van der Waals surface area contributed by atoms with Gasteiger partial charge in [-0.1, -0.05) is 6.07 Å².